The van der Waals surface area contributed by atoms with Gasteiger partial charge in [0.2, 0.25) is 15.9 Å². The molecule has 2 aromatic carbocycles. The Morgan fingerprint density at radius 1 is 1.00 bits per heavy atom. The number of morpholine rings is 1. The Bertz CT molecular complexity index is 850. The van der Waals surface area contributed by atoms with Crippen molar-refractivity contribution in [3.05, 3.63) is 54.6 Å². The Hall–Kier alpha value is -2.42. The first-order chi connectivity index (χ1) is 12.6. The molecule has 0 atom stereocenters. The fraction of sp³-hybridized carbons (Fsp3) is 0.278. The van der Waals surface area contributed by atoms with Crippen molar-refractivity contribution < 1.29 is 17.9 Å². The highest BCUT2D eigenvalue weighted by molar-refractivity contribution is 7.89. The molecule has 8 heteroatoms. The van der Waals surface area contributed by atoms with Crippen LogP contribution in [-0.4, -0.2) is 51.5 Å². The minimum Gasteiger partial charge on any atom is -0.379 e. The Balaban J connectivity index is 1.64. The molecule has 1 aliphatic rings. The third-order valence-electron chi connectivity index (χ3n) is 3.95. The highest BCUT2D eigenvalue weighted by atomic mass is 32.2. The molecular weight excluding hydrogens is 354 g/mol. The number of nitrogens with zero attached hydrogens (tertiary/aromatic N) is 1. The molecule has 26 heavy (non-hydrogen) atoms. The van der Waals surface area contributed by atoms with E-state index >= 15 is 0 Å². The summed E-state index contributed by atoms with van der Waals surface area (Å²) in [4.78, 5) is 12.3. The lowest BCUT2D eigenvalue weighted by Crippen LogP contribution is -2.40. The first-order valence-corrected chi connectivity index (χ1v) is 9.76. The number of ether oxygens (including phenoxy) is 1. The van der Waals surface area contributed by atoms with Crippen LogP contribution in [0.25, 0.3) is 0 Å². The van der Waals surface area contributed by atoms with Crippen LogP contribution in [0.5, 0.6) is 0 Å². The monoisotopic (exact) mass is 375 g/mol. The largest absolute Gasteiger partial charge is 0.379 e. The van der Waals surface area contributed by atoms with E-state index in [1.807, 2.05) is 30.3 Å². The standard InChI is InChI=1S/C18H21N3O4S/c22-18(14-19-15-5-2-1-3-6-15)20-16-7-4-8-17(13-16)26(23,24)21-9-11-25-12-10-21/h1-8,13,19H,9-12,14H2,(H,20,22). The average Bonchev–Trinajstić information content (AvgIpc) is 2.68. The number of benzene rings is 2. The van der Waals surface area contributed by atoms with Gasteiger partial charge >= 0.3 is 0 Å². The summed E-state index contributed by atoms with van der Waals surface area (Å²) in [5.41, 5.74) is 1.28. The van der Waals surface area contributed by atoms with E-state index in [9.17, 15) is 13.2 Å². The van der Waals surface area contributed by atoms with Gasteiger partial charge in [0.05, 0.1) is 24.7 Å². The van der Waals surface area contributed by atoms with Gasteiger partial charge < -0.3 is 15.4 Å². The second-order valence-corrected chi connectivity index (χ2v) is 7.75. The Morgan fingerprint density at radius 3 is 2.42 bits per heavy atom. The van der Waals surface area contributed by atoms with Crippen molar-refractivity contribution in [2.24, 2.45) is 0 Å². The summed E-state index contributed by atoms with van der Waals surface area (Å²) in [5.74, 6) is -0.255. The summed E-state index contributed by atoms with van der Waals surface area (Å²) in [6.45, 7) is 1.53. The summed E-state index contributed by atoms with van der Waals surface area (Å²) in [6.07, 6.45) is 0. The van der Waals surface area contributed by atoms with Crippen molar-refractivity contribution in [3.8, 4) is 0 Å². The average molecular weight is 375 g/mol. The Labute approximate surface area is 153 Å². The number of hydrogen-bond donors (Lipinski definition) is 2. The molecule has 1 heterocycles. The lowest BCUT2D eigenvalue weighted by molar-refractivity contribution is -0.114. The van der Waals surface area contributed by atoms with Crippen LogP contribution in [0.1, 0.15) is 0 Å². The molecule has 0 unspecified atom stereocenters. The highest BCUT2D eigenvalue weighted by Gasteiger charge is 2.26. The zero-order valence-corrected chi connectivity index (χ0v) is 15.0. The second kappa shape index (κ2) is 8.31. The van der Waals surface area contributed by atoms with Crippen LogP contribution in [0.4, 0.5) is 11.4 Å². The predicted octanol–water partition coefficient (Wildman–Crippen LogP) is 1.76. The van der Waals surface area contributed by atoms with Crippen LogP contribution < -0.4 is 10.6 Å². The van der Waals surface area contributed by atoms with Crippen molar-refractivity contribution in [1.82, 2.24) is 4.31 Å². The quantitative estimate of drug-likeness (QED) is 0.803. The third kappa shape index (κ3) is 4.60. The fourth-order valence-corrected chi connectivity index (χ4v) is 4.07. The number of amides is 1. The Kier molecular flexibility index (Phi) is 5.87. The van der Waals surface area contributed by atoms with E-state index in [4.69, 9.17) is 4.74 Å². The van der Waals surface area contributed by atoms with E-state index in [-0.39, 0.29) is 17.3 Å². The molecular formula is C18H21N3O4S. The number of sulfonamides is 1. The minimum absolute atomic E-state index is 0.0878. The maximum atomic E-state index is 12.7. The zero-order chi connectivity index (χ0) is 18.4. The van der Waals surface area contributed by atoms with Gasteiger partial charge in [0.25, 0.3) is 0 Å². The molecule has 0 saturated carbocycles. The van der Waals surface area contributed by atoms with Crippen molar-refractivity contribution in [2.45, 2.75) is 4.90 Å². The molecule has 3 rings (SSSR count). The molecule has 0 spiro atoms. The number of carbonyl (C=O) groups excluding carboxylic acids is 1. The van der Waals surface area contributed by atoms with Crippen LogP contribution in [0.2, 0.25) is 0 Å². The number of nitrogens with one attached hydrogen (secondary N) is 2. The lowest BCUT2D eigenvalue weighted by atomic mass is 10.3. The lowest BCUT2D eigenvalue weighted by Gasteiger charge is -2.26. The van der Waals surface area contributed by atoms with Crippen molar-refractivity contribution in [3.63, 3.8) is 0 Å². The normalized spacial score (nSPS) is 15.4. The summed E-state index contributed by atoms with van der Waals surface area (Å²) < 4.78 is 32.0. The molecule has 1 amide bonds. The number of carbonyl (C=O) groups is 1. The number of hydrogen-bond acceptors (Lipinski definition) is 5. The van der Waals surface area contributed by atoms with E-state index in [0.717, 1.165) is 5.69 Å². The molecule has 0 radical (unpaired) electrons. The molecule has 0 aliphatic carbocycles. The number of anilines is 2. The van der Waals surface area contributed by atoms with Gasteiger partial charge in [-0.15, -0.1) is 0 Å². The van der Waals surface area contributed by atoms with E-state index in [1.165, 1.54) is 16.4 Å². The van der Waals surface area contributed by atoms with Gasteiger partial charge in [0.15, 0.2) is 0 Å². The summed E-state index contributed by atoms with van der Waals surface area (Å²) in [6, 6.07) is 15.7. The molecule has 0 aromatic heterocycles. The molecule has 0 bridgehead atoms. The van der Waals surface area contributed by atoms with Crippen LogP contribution in [0.3, 0.4) is 0 Å². The topological polar surface area (TPSA) is 87.7 Å². The van der Waals surface area contributed by atoms with E-state index < -0.39 is 10.0 Å². The minimum atomic E-state index is -3.59. The van der Waals surface area contributed by atoms with Crippen LogP contribution >= 0.6 is 0 Å². The molecule has 7 nitrogen and oxygen atoms in total. The third-order valence-corrected chi connectivity index (χ3v) is 5.85. The molecule has 1 saturated heterocycles. The van der Waals surface area contributed by atoms with Gasteiger partial charge in [-0.2, -0.15) is 4.31 Å². The molecule has 138 valence electrons. The van der Waals surface area contributed by atoms with E-state index in [1.54, 1.807) is 12.1 Å². The smallest absolute Gasteiger partial charge is 0.243 e. The highest BCUT2D eigenvalue weighted by Crippen LogP contribution is 2.20. The molecule has 1 fully saturated rings. The fourth-order valence-electron chi connectivity index (χ4n) is 2.61. The van der Waals surface area contributed by atoms with Crippen LogP contribution in [0, 0.1) is 0 Å². The van der Waals surface area contributed by atoms with Gasteiger partial charge in [-0.25, -0.2) is 8.42 Å². The second-order valence-electron chi connectivity index (χ2n) is 5.81. The van der Waals surface area contributed by atoms with Crippen LogP contribution in [-0.2, 0) is 19.6 Å². The predicted molar refractivity (Wildman–Crippen MR) is 99.6 cm³/mol. The first kappa shape index (κ1) is 18.4. The summed E-state index contributed by atoms with van der Waals surface area (Å²) >= 11 is 0. The van der Waals surface area contributed by atoms with Gasteiger partial charge in [-0.05, 0) is 30.3 Å². The van der Waals surface area contributed by atoms with E-state index in [2.05, 4.69) is 10.6 Å². The van der Waals surface area contributed by atoms with Gasteiger partial charge in [-0.3, -0.25) is 4.79 Å². The first-order valence-electron chi connectivity index (χ1n) is 8.32. The van der Waals surface area contributed by atoms with Crippen molar-refractivity contribution in [2.75, 3.05) is 43.5 Å². The summed E-state index contributed by atoms with van der Waals surface area (Å²) in [7, 11) is -3.59. The molecule has 2 N–H and O–H groups in total. The zero-order valence-electron chi connectivity index (χ0n) is 14.2. The van der Waals surface area contributed by atoms with Gasteiger partial charge in [0.1, 0.15) is 0 Å². The molecule has 2 aromatic rings. The van der Waals surface area contributed by atoms with Gasteiger partial charge in [-0.1, -0.05) is 24.3 Å². The summed E-state index contributed by atoms with van der Waals surface area (Å²) in [5, 5.41) is 5.73. The number of para-hydroxylation sites is 1. The van der Waals surface area contributed by atoms with E-state index in [0.29, 0.717) is 32.0 Å². The van der Waals surface area contributed by atoms with Gasteiger partial charge in [0, 0.05) is 24.5 Å². The molecule has 1 aliphatic heterocycles. The van der Waals surface area contributed by atoms with Crippen molar-refractivity contribution in [1.29, 1.82) is 0 Å². The van der Waals surface area contributed by atoms with Crippen molar-refractivity contribution >= 4 is 27.3 Å². The Morgan fingerprint density at radius 2 is 1.69 bits per heavy atom. The SMILES string of the molecule is O=C(CNc1ccccc1)Nc1cccc(S(=O)(=O)N2CCOCC2)c1. The van der Waals surface area contributed by atoms with Crippen LogP contribution in [0.15, 0.2) is 59.5 Å². The maximum Gasteiger partial charge on any atom is 0.243 e. The number of rotatable bonds is 6. The maximum absolute atomic E-state index is 12.7.